The minimum absolute atomic E-state index is 0.0951. The van der Waals surface area contributed by atoms with Crippen molar-refractivity contribution < 1.29 is 36.2 Å². The van der Waals surface area contributed by atoms with Crippen molar-refractivity contribution in [2.45, 2.75) is 10.1 Å². The lowest BCUT2D eigenvalue weighted by Crippen LogP contribution is -2.31. The molecule has 32 heavy (non-hydrogen) atoms. The molecule has 0 radical (unpaired) electrons. The van der Waals surface area contributed by atoms with E-state index in [-0.39, 0.29) is 34.3 Å². The van der Waals surface area contributed by atoms with Crippen LogP contribution in [0.3, 0.4) is 0 Å². The molecule has 0 aliphatic heterocycles. The number of ether oxygens (including phenoxy) is 3. The summed E-state index contributed by atoms with van der Waals surface area (Å²) < 4.78 is 60.7. The number of furan rings is 1. The summed E-state index contributed by atoms with van der Waals surface area (Å²) in [6.07, 6.45) is 1.34. The van der Waals surface area contributed by atoms with Gasteiger partial charge < -0.3 is 23.9 Å². The van der Waals surface area contributed by atoms with E-state index in [4.69, 9.17) is 18.6 Å². The summed E-state index contributed by atoms with van der Waals surface area (Å²) in [6.45, 7) is -0.289. The zero-order chi connectivity index (χ0) is 23.3. The quantitative estimate of drug-likeness (QED) is 0.485. The predicted molar refractivity (Wildman–Crippen MR) is 113 cm³/mol. The molecule has 0 bridgehead atoms. The molecule has 0 aliphatic carbocycles. The number of methoxy groups -OCH3 is 3. The molecule has 1 heterocycles. The number of amides is 1. The van der Waals surface area contributed by atoms with Gasteiger partial charge in [-0.2, -0.15) is 0 Å². The minimum atomic E-state index is -4.00. The van der Waals surface area contributed by atoms with Gasteiger partial charge in [0.25, 0.3) is 5.91 Å². The Bertz CT molecular complexity index is 1150. The summed E-state index contributed by atoms with van der Waals surface area (Å²) in [5.74, 6) is -0.111. The standard InChI is InChI=1S/C22H22FNO7S/c1-28-18-11-14(12-19(29-2)21(18)30-3)22(25)24-13-20(17-5-4-10-31-17)32(26,27)16-8-6-15(23)7-9-16/h4-12,20H,13H2,1-3H3,(H,24,25)/t20-/m1/s1. The second-order valence-electron chi connectivity index (χ2n) is 6.63. The minimum Gasteiger partial charge on any atom is -0.493 e. The van der Waals surface area contributed by atoms with Gasteiger partial charge >= 0.3 is 0 Å². The van der Waals surface area contributed by atoms with Crippen LogP contribution in [0.5, 0.6) is 17.2 Å². The highest BCUT2D eigenvalue weighted by atomic mass is 32.2. The van der Waals surface area contributed by atoms with Crippen LogP contribution < -0.4 is 19.5 Å². The fourth-order valence-electron chi connectivity index (χ4n) is 3.13. The number of carbonyl (C=O) groups excluding carboxylic acids is 1. The summed E-state index contributed by atoms with van der Waals surface area (Å²) in [5.41, 5.74) is 0.178. The molecule has 0 aliphatic rings. The predicted octanol–water partition coefficient (Wildman–Crippen LogP) is 3.39. The van der Waals surface area contributed by atoms with Crippen molar-refractivity contribution in [2.24, 2.45) is 0 Å². The summed E-state index contributed by atoms with van der Waals surface area (Å²) in [5, 5.41) is 1.38. The number of rotatable bonds is 9. The number of hydrogen-bond donors (Lipinski definition) is 1. The molecule has 0 saturated carbocycles. The summed E-state index contributed by atoms with van der Waals surface area (Å²) in [4.78, 5) is 12.7. The number of hydrogen-bond acceptors (Lipinski definition) is 7. The Kier molecular flexibility index (Phi) is 7.04. The number of halogens is 1. The molecule has 170 valence electrons. The van der Waals surface area contributed by atoms with Gasteiger partial charge in [-0.3, -0.25) is 4.79 Å². The van der Waals surface area contributed by atoms with E-state index < -0.39 is 26.8 Å². The molecule has 2 aromatic carbocycles. The van der Waals surface area contributed by atoms with Gasteiger partial charge in [0.15, 0.2) is 21.3 Å². The maximum Gasteiger partial charge on any atom is 0.251 e. The van der Waals surface area contributed by atoms with Gasteiger partial charge in [-0.25, -0.2) is 12.8 Å². The fraction of sp³-hybridized carbons (Fsp3) is 0.227. The third kappa shape index (κ3) is 4.70. The van der Waals surface area contributed by atoms with Crippen LogP contribution in [-0.2, 0) is 9.84 Å². The average Bonchev–Trinajstić information content (AvgIpc) is 3.32. The van der Waals surface area contributed by atoms with E-state index in [1.54, 1.807) is 6.07 Å². The summed E-state index contributed by atoms with van der Waals surface area (Å²) in [7, 11) is 0.275. The van der Waals surface area contributed by atoms with Crippen LogP contribution in [-0.4, -0.2) is 42.2 Å². The molecule has 0 saturated heterocycles. The van der Waals surface area contributed by atoms with Crippen LogP contribution in [0.1, 0.15) is 21.4 Å². The number of benzene rings is 2. The maximum absolute atomic E-state index is 13.3. The van der Waals surface area contributed by atoms with Crippen LogP contribution in [0.25, 0.3) is 0 Å². The Hall–Kier alpha value is -3.53. The molecule has 3 rings (SSSR count). The van der Waals surface area contributed by atoms with Gasteiger partial charge in [-0.1, -0.05) is 0 Å². The first kappa shape index (κ1) is 23.1. The van der Waals surface area contributed by atoms with Crippen molar-refractivity contribution in [1.82, 2.24) is 5.32 Å². The van der Waals surface area contributed by atoms with Crippen molar-refractivity contribution in [2.75, 3.05) is 27.9 Å². The van der Waals surface area contributed by atoms with Crippen LogP contribution in [0.2, 0.25) is 0 Å². The van der Waals surface area contributed by atoms with Crippen molar-refractivity contribution in [3.05, 3.63) is 71.9 Å². The lowest BCUT2D eigenvalue weighted by molar-refractivity contribution is 0.0952. The molecule has 1 aromatic heterocycles. The Morgan fingerprint density at radius 1 is 1.03 bits per heavy atom. The molecular formula is C22H22FNO7S. The van der Waals surface area contributed by atoms with Gasteiger partial charge in [0.2, 0.25) is 5.75 Å². The number of carbonyl (C=O) groups is 1. The van der Waals surface area contributed by atoms with E-state index in [0.29, 0.717) is 5.75 Å². The molecule has 8 nitrogen and oxygen atoms in total. The molecule has 10 heteroatoms. The Morgan fingerprint density at radius 3 is 2.16 bits per heavy atom. The lowest BCUT2D eigenvalue weighted by atomic mass is 10.1. The molecule has 0 fully saturated rings. The van der Waals surface area contributed by atoms with Crippen LogP contribution in [0.4, 0.5) is 4.39 Å². The molecule has 1 amide bonds. The van der Waals surface area contributed by atoms with Gasteiger partial charge in [-0.05, 0) is 48.5 Å². The van der Waals surface area contributed by atoms with Gasteiger partial charge in [0, 0.05) is 12.1 Å². The topological polar surface area (TPSA) is 104 Å². The lowest BCUT2D eigenvalue weighted by Gasteiger charge is -2.18. The van der Waals surface area contributed by atoms with Crippen LogP contribution in [0.15, 0.2) is 64.1 Å². The largest absolute Gasteiger partial charge is 0.493 e. The SMILES string of the molecule is COc1cc(C(=O)NC[C@H](c2ccco2)S(=O)(=O)c2ccc(F)cc2)cc(OC)c1OC. The smallest absolute Gasteiger partial charge is 0.251 e. The fourth-order valence-corrected chi connectivity index (χ4v) is 4.71. The molecule has 3 aromatic rings. The van der Waals surface area contributed by atoms with E-state index >= 15 is 0 Å². The van der Waals surface area contributed by atoms with E-state index in [1.807, 2.05) is 0 Å². The van der Waals surface area contributed by atoms with Gasteiger partial charge in [0.05, 0.1) is 32.5 Å². The monoisotopic (exact) mass is 463 g/mol. The number of nitrogens with one attached hydrogen (secondary N) is 1. The average molecular weight is 463 g/mol. The highest BCUT2D eigenvalue weighted by Crippen LogP contribution is 2.38. The van der Waals surface area contributed by atoms with E-state index in [0.717, 1.165) is 12.1 Å². The second-order valence-corrected chi connectivity index (χ2v) is 8.76. The normalized spacial score (nSPS) is 12.1. The van der Waals surface area contributed by atoms with Crippen molar-refractivity contribution in [3.8, 4) is 17.2 Å². The highest BCUT2D eigenvalue weighted by Gasteiger charge is 2.32. The summed E-state index contributed by atoms with van der Waals surface area (Å²) in [6, 6.07) is 10.4. The molecule has 1 atom stereocenters. The zero-order valence-electron chi connectivity index (χ0n) is 17.6. The zero-order valence-corrected chi connectivity index (χ0v) is 18.4. The third-order valence-corrected chi connectivity index (χ3v) is 6.83. The Labute approximate surface area is 184 Å². The highest BCUT2D eigenvalue weighted by molar-refractivity contribution is 7.91. The first-order valence-corrected chi connectivity index (χ1v) is 11.0. The van der Waals surface area contributed by atoms with Crippen LogP contribution >= 0.6 is 0 Å². The van der Waals surface area contributed by atoms with Crippen molar-refractivity contribution in [1.29, 1.82) is 0 Å². The molecule has 0 unspecified atom stereocenters. The van der Waals surface area contributed by atoms with Gasteiger partial charge in [-0.15, -0.1) is 0 Å². The van der Waals surface area contributed by atoms with Crippen molar-refractivity contribution in [3.63, 3.8) is 0 Å². The Morgan fingerprint density at radius 2 is 1.66 bits per heavy atom. The maximum atomic E-state index is 13.3. The van der Waals surface area contributed by atoms with Crippen molar-refractivity contribution >= 4 is 15.7 Å². The van der Waals surface area contributed by atoms with Gasteiger partial charge in [0.1, 0.15) is 16.8 Å². The Balaban J connectivity index is 1.89. The molecule has 1 N–H and O–H groups in total. The first-order valence-electron chi connectivity index (χ1n) is 9.43. The third-order valence-electron chi connectivity index (χ3n) is 4.75. The number of sulfone groups is 1. The van der Waals surface area contributed by atoms with E-state index in [9.17, 15) is 17.6 Å². The molecular weight excluding hydrogens is 441 g/mol. The first-order chi connectivity index (χ1) is 15.3. The second kappa shape index (κ2) is 9.73. The van der Waals surface area contributed by atoms with Crippen LogP contribution in [0, 0.1) is 5.82 Å². The summed E-state index contributed by atoms with van der Waals surface area (Å²) >= 11 is 0. The molecule has 0 spiro atoms. The van der Waals surface area contributed by atoms with E-state index in [1.165, 1.54) is 57.9 Å². The van der Waals surface area contributed by atoms with E-state index in [2.05, 4.69) is 5.32 Å².